The number of hydrogen-bond donors (Lipinski definition) is 0. The average molecular weight is 256 g/mol. The molecule has 1 heterocycles. The quantitative estimate of drug-likeness (QED) is 0.724. The van der Waals surface area contributed by atoms with Crippen LogP contribution >= 0.6 is 15.9 Å². The lowest BCUT2D eigenvalue weighted by Crippen LogP contribution is -2.09. The van der Waals surface area contributed by atoms with Crippen molar-refractivity contribution in [3.05, 3.63) is 34.1 Å². The smallest absolute Gasteiger partial charge is 0.178 e. The summed E-state index contributed by atoms with van der Waals surface area (Å²) in [6.07, 6.45) is -0.529. The Morgan fingerprint density at radius 2 is 2.36 bits per heavy atom. The van der Waals surface area contributed by atoms with Gasteiger partial charge in [-0.25, -0.2) is 4.39 Å². The SMILES string of the molecule is CC1(c2ccc(Br)cc2F)OC1C#N. The first kappa shape index (κ1) is 9.63. The highest BCUT2D eigenvalue weighted by molar-refractivity contribution is 9.10. The predicted octanol–water partition coefficient (Wildman–Crippen LogP) is 2.73. The molecule has 0 N–H and O–H groups in total. The fourth-order valence-corrected chi connectivity index (χ4v) is 1.79. The summed E-state index contributed by atoms with van der Waals surface area (Å²) in [5.41, 5.74) is -0.327. The molecule has 0 aliphatic carbocycles. The third-order valence-corrected chi connectivity index (χ3v) is 2.88. The van der Waals surface area contributed by atoms with Crippen LogP contribution in [0.5, 0.6) is 0 Å². The molecule has 0 bridgehead atoms. The maximum atomic E-state index is 13.5. The highest BCUT2D eigenvalue weighted by atomic mass is 79.9. The van der Waals surface area contributed by atoms with E-state index in [1.807, 2.05) is 6.07 Å². The minimum absolute atomic E-state index is 0.348. The zero-order valence-corrected chi connectivity index (χ0v) is 9.01. The highest BCUT2D eigenvalue weighted by Crippen LogP contribution is 2.46. The molecule has 1 aromatic carbocycles. The van der Waals surface area contributed by atoms with Crippen molar-refractivity contribution in [2.45, 2.75) is 18.6 Å². The van der Waals surface area contributed by atoms with Gasteiger partial charge in [0.15, 0.2) is 6.10 Å². The summed E-state index contributed by atoms with van der Waals surface area (Å²) in [4.78, 5) is 0. The Morgan fingerprint density at radius 1 is 1.64 bits per heavy atom. The van der Waals surface area contributed by atoms with E-state index < -0.39 is 11.7 Å². The normalized spacial score (nSPS) is 29.7. The summed E-state index contributed by atoms with van der Waals surface area (Å²) >= 11 is 3.17. The molecule has 0 spiro atoms. The Hall–Kier alpha value is -0.920. The van der Waals surface area contributed by atoms with Gasteiger partial charge in [0.05, 0.1) is 6.07 Å². The molecule has 1 aliphatic heterocycles. The van der Waals surface area contributed by atoms with Gasteiger partial charge in [-0.05, 0) is 19.1 Å². The van der Waals surface area contributed by atoms with E-state index in [0.717, 1.165) is 0 Å². The number of nitrogens with zero attached hydrogens (tertiary/aromatic N) is 1. The van der Waals surface area contributed by atoms with Gasteiger partial charge >= 0.3 is 0 Å². The van der Waals surface area contributed by atoms with Crippen LogP contribution in [0, 0.1) is 17.1 Å². The van der Waals surface area contributed by atoms with E-state index in [2.05, 4.69) is 15.9 Å². The van der Waals surface area contributed by atoms with Crippen LogP contribution < -0.4 is 0 Å². The molecular formula is C10H7BrFNO. The van der Waals surface area contributed by atoms with Crippen molar-refractivity contribution < 1.29 is 9.13 Å². The molecule has 0 amide bonds. The van der Waals surface area contributed by atoms with Crippen LogP contribution in [0.1, 0.15) is 12.5 Å². The number of rotatable bonds is 1. The van der Waals surface area contributed by atoms with Gasteiger partial charge in [-0.1, -0.05) is 22.0 Å². The molecule has 2 atom stereocenters. The standard InChI is InChI=1S/C10H7BrFNO/c1-10(9(5-13)14-10)7-3-2-6(11)4-8(7)12/h2-4,9H,1H3. The lowest BCUT2D eigenvalue weighted by Gasteiger charge is -2.06. The lowest BCUT2D eigenvalue weighted by molar-refractivity contribution is 0.314. The van der Waals surface area contributed by atoms with Crippen molar-refractivity contribution >= 4 is 15.9 Å². The molecule has 1 aliphatic rings. The number of benzene rings is 1. The molecule has 72 valence electrons. The van der Waals surface area contributed by atoms with E-state index in [-0.39, 0.29) is 5.82 Å². The molecule has 0 saturated carbocycles. The Morgan fingerprint density at radius 3 is 2.86 bits per heavy atom. The molecule has 4 heteroatoms. The van der Waals surface area contributed by atoms with E-state index in [4.69, 9.17) is 10.00 Å². The number of hydrogen-bond acceptors (Lipinski definition) is 2. The van der Waals surface area contributed by atoms with Crippen LogP contribution in [0.2, 0.25) is 0 Å². The first-order valence-corrected chi connectivity index (χ1v) is 4.90. The maximum Gasteiger partial charge on any atom is 0.178 e. The van der Waals surface area contributed by atoms with Crippen molar-refractivity contribution in [2.24, 2.45) is 0 Å². The number of halogens is 2. The van der Waals surface area contributed by atoms with Gasteiger partial charge in [0, 0.05) is 10.0 Å². The molecule has 1 fully saturated rings. The van der Waals surface area contributed by atoms with Gasteiger partial charge in [0.25, 0.3) is 0 Å². The number of ether oxygens (including phenoxy) is 1. The van der Waals surface area contributed by atoms with Crippen LogP contribution in [0.3, 0.4) is 0 Å². The van der Waals surface area contributed by atoms with Crippen LogP contribution in [-0.4, -0.2) is 6.10 Å². The number of epoxide rings is 1. The topological polar surface area (TPSA) is 36.3 Å². The molecule has 14 heavy (non-hydrogen) atoms. The highest BCUT2D eigenvalue weighted by Gasteiger charge is 2.55. The van der Waals surface area contributed by atoms with E-state index >= 15 is 0 Å². The van der Waals surface area contributed by atoms with E-state index in [1.54, 1.807) is 19.1 Å². The largest absolute Gasteiger partial charge is 0.345 e. The van der Waals surface area contributed by atoms with E-state index in [1.165, 1.54) is 6.07 Å². The van der Waals surface area contributed by atoms with Crippen molar-refractivity contribution in [1.82, 2.24) is 0 Å². The van der Waals surface area contributed by atoms with Gasteiger partial charge in [0.1, 0.15) is 11.4 Å². The van der Waals surface area contributed by atoms with Crippen LogP contribution in [0.4, 0.5) is 4.39 Å². The Balaban J connectivity index is 2.40. The van der Waals surface area contributed by atoms with Crippen molar-refractivity contribution in [2.75, 3.05) is 0 Å². The summed E-state index contributed by atoms with van der Waals surface area (Å²) in [6, 6.07) is 6.71. The van der Waals surface area contributed by atoms with Gasteiger partial charge in [-0.15, -0.1) is 0 Å². The Labute approximate surface area is 89.4 Å². The second-order valence-electron chi connectivity index (χ2n) is 3.36. The second-order valence-corrected chi connectivity index (χ2v) is 4.27. The van der Waals surface area contributed by atoms with Crippen molar-refractivity contribution in [3.8, 4) is 6.07 Å². The lowest BCUT2D eigenvalue weighted by atomic mass is 9.97. The molecule has 2 rings (SSSR count). The molecule has 0 aromatic heterocycles. The zero-order valence-electron chi connectivity index (χ0n) is 7.42. The van der Waals surface area contributed by atoms with Gasteiger partial charge < -0.3 is 4.74 Å². The molecule has 2 unspecified atom stereocenters. The first-order chi connectivity index (χ1) is 6.58. The van der Waals surface area contributed by atoms with Gasteiger partial charge in [-0.2, -0.15) is 5.26 Å². The molecule has 0 radical (unpaired) electrons. The van der Waals surface area contributed by atoms with Crippen molar-refractivity contribution in [1.29, 1.82) is 5.26 Å². The van der Waals surface area contributed by atoms with Crippen LogP contribution in [0.15, 0.2) is 22.7 Å². The summed E-state index contributed by atoms with van der Waals surface area (Å²) in [6.45, 7) is 1.72. The van der Waals surface area contributed by atoms with E-state index in [9.17, 15) is 4.39 Å². The molecule has 1 aromatic rings. The zero-order chi connectivity index (χ0) is 10.3. The van der Waals surface area contributed by atoms with Crippen LogP contribution in [0.25, 0.3) is 0 Å². The van der Waals surface area contributed by atoms with Crippen molar-refractivity contribution in [3.63, 3.8) is 0 Å². The summed E-state index contributed by atoms with van der Waals surface area (Å²) < 4.78 is 19.3. The molecule has 1 saturated heterocycles. The fourth-order valence-electron chi connectivity index (χ4n) is 1.46. The number of nitriles is 1. The monoisotopic (exact) mass is 255 g/mol. The summed E-state index contributed by atoms with van der Waals surface area (Å²) in [5, 5.41) is 8.64. The minimum atomic E-state index is -0.764. The third-order valence-electron chi connectivity index (χ3n) is 2.39. The van der Waals surface area contributed by atoms with Gasteiger partial charge in [0.2, 0.25) is 0 Å². The predicted molar refractivity (Wildman–Crippen MR) is 51.9 cm³/mol. The molecule has 2 nitrogen and oxygen atoms in total. The average Bonchev–Trinajstić information content (AvgIpc) is 2.77. The third kappa shape index (κ3) is 1.33. The Kier molecular flexibility index (Phi) is 2.09. The summed E-state index contributed by atoms with van der Waals surface area (Å²) in [7, 11) is 0. The minimum Gasteiger partial charge on any atom is -0.345 e. The van der Waals surface area contributed by atoms with E-state index in [0.29, 0.717) is 10.0 Å². The molecular weight excluding hydrogens is 249 g/mol. The summed E-state index contributed by atoms with van der Waals surface area (Å²) in [5.74, 6) is -0.348. The van der Waals surface area contributed by atoms with Crippen LogP contribution in [-0.2, 0) is 10.3 Å². The van der Waals surface area contributed by atoms with Gasteiger partial charge in [-0.3, -0.25) is 0 Å². The second kappa shape index (κ2) is 3.04. The fraction of sp³-hybridized carbons (Fsp3) is 0.300. The Bertz CT molecular complexity index is 429. The maximum absolute atomic E-state index is 13.5. The first-order valence-electron chi connectivity index (χ1n) is 4.11.